The lowest BCUT2D eigenvalue weighted by Gasteiger charge is -1.95. The molecule has 0 aromatic carbocycles. The molecule has 5 nitrogen and oxygen atoms in total. The van der Waals surface area contributed by atoms with Gasteiger partial charge in [0.1, 0.15) is 5.01 Å². The first kappa shape index (κ1) is 13.0. The molecule has 0 saturated carbocycles. The van der Waals surface area contributed by atoms with Crippen LogP contribution in [0.5, 0.6) is 0 Å². The SMILES string of the molecule is CNc1nc(-c2sc(CNC(C)=O)nc2C)cs1. The van der Waals surface area contributed by atoms with Crippen molar-refractivity contribution in [2.45, 2.75) is 20.4 Å². The maximum Gasteiger partial charge on any atom is 0.217 e. The second-order valence-corrected chi connectivity index (χ2v) is 5.66. The third-order valence-corrected chi connectivity index (χ3v) is 4.32. The monoisotopic (exact) mass is 282 g/mol. The normalized spacial score (nSPS) is 10.4. The van der Waals surface area contributed by atoms with Gasteiger partial charge in [-0.25, -0.2) is 9.97 Å². The predicted octanol–water partition coefficient (Wildman–Crippen LogP) is 2.25. The summed E-state index contributed by atoms with van der Waals surface area (Å²) in [5.41, 5.74) is 1.89. The summed E-state index contributed by atoms with van der Waals surface area (Å²) in [7, 11) is 1.85. The summed E-state index contributed by atoms with van der Waals surface area (Å²) in [4.78, 5) is 20.8. The van der Waals surface area contributed by atoms with E-state index in [1.165, 1.54) is 6.92 Å². The summed E-state index contributed by atoms with van der Waals surface area (Å²) in [6, 6.07) is 0. The van der Waals surface area contributed by atoms with Crippen molar-refractivity contribution in [3.8, 4) is 10.6 Å². The van der Waals surface area contributed by atoms with E-state index >= 15 is 0 Å². The Labute approximate surface area is 113 Å². The molecule has 0 bridgehead atoms. The molecule has 0 aliphatic carbocycles. The van der Waals surface area contributed by atoms with E-state index in [0.717, 1.165) is 26.4 Å². The number of hydrogen-bond donors (Lipinski definition) is 2. The molecule has 2 rings (SSSR count). The van der Waals surface area contributed by atoms with Crippen molar-refractivity contribution in [2.75, 3.05) is 12.4 Å². The minimum absolute atomic E-state index is 0.0458. The molecular weight excluding hydrogens is 268 g/mol. The highest BCUT2D eigenvalue weighted by Crippen LogP contribution is 2.32. The Morgan fingerprint density at radius 2 is 2.22 bits per heavy atom. The van der Waals surface area contributed by atoms with E-state index in [2.05, 4.69) is 20.6 Å². The molecule has 0 spiro atoms. The second-order valence-electron chi connectivity index (χ2n) is 3.72. The van der Waals surface area contributed by atoms with E-state index in [9.17, 15) is 4.79 Å². The summed E-state index contributed by atoms with van der Waals surface area (Å²) in [5, 5.41) is 9.57. The van der Waals surface area contributed by atoms with Gasteiger partial charge in [0.05, 0.1) is 22.8 Å². The Morgan fingerprint density at radius 1 is 1.44 bits per heavy atom. The maximum absolute atomic E-state index is 10.9. The van der Waals surface area contributed by atoms with Crippen LogP contribution in [0, 0.1) is 6.92 Å². The number of hydrogen-bond acceptors (Lipinski definition) is 6. The smallest absolute Gasteiger partial charge is 0.217 e. The number of carbonyl (C=O) groups is 1. The van der Waals surface area contributed by atoms with Crippen LogP contribution in [0.1, 0.15) is 17.6 Å². The molecule has 18 heavy (non-hydrogen) atoms. The van der Waals surface area contributed by atoms with E-state index in [1.54, 1.807) is 22.7 Å². The van der Waals surface area contributed by atoms with Crippen LogP contribution in [-0.2, 0) is 11.3 Å². The number of nitrogens with one attached hydrogen (secondary N) is 2. The van der Waals surface area contributed by atoms with Gasteiger partial charge in [-0.3, -0.25) is 4.79 Å². The number of nitrogens with zero attached hydrogens (tertiary/aromatic N) is 2. The summed E-state index contributed by atoms with van der Waals surface area (Å²) in [5.74, 6) is -0.0458. The number of aromatic nitrogens is 2. The molecule has 0 fully saturated rings. The fraction of sp³-hybridized carbons (Fsp3) is 0.364. The zero-order valence-corrected chi connectivity index (χ0v) is 12.0. The molecule has 96 valence electrons. The molecule has 0 radical (unpaired) electrons. The molecule has 0 atom stereocenters. The third kappa shape index (κ3) is 2.85. The van der Waals surface area contributed by atoms with E-state index < -0.39 is 0 Å². The highest BCUT2D eigenvalue weighted by Gasteiger charge is 2.12. The van der Waals surface area contributed by atoms with Gasteiger partial charge < -0.3 is 10.6 Å². The van der Waals surface area contributed by atoms with Gasteiger partial charge in [0.25, 0.3) is 0 Å². The minimum atomic E-state index is -0.0458. The van der Waals surface area contributed by atoms with Crippen molar-refractivity contribution in [2.24, 2.45) is 0 Å². The summed E-state index contributed by atoms with van der Waals surface area (Å²) >= 11 is 3.14. The topological polar surface area (TPSA) is 66.9 Å². The van der Waals surface area contributed by atoms with Crippen molar-refractivity contribution in [1.29, 1.82) is 0 Å². The van der Waals surface area contributed by atoms with Gasteiger partial charge in [-0.1, -0.05) is 0 Å². The van der Waals surface area contributed by atoms with Crippen molar-refractivity contribution in [1.82, 2.24) is 15.3 Å². The average Bonchev–Trinajstić information content (AvgIpc) is 2.92. The first-order valence-corrected chi connectivity index (χ1v) is 7.14. The lowest BCUT2D eigenvalue weighted by molar-refractivity contribution is -0.119. The lowest BCUT2D eigenvalue weighted by atomic mass is 10.3. The molecule has 0 saturated heterocycles. The summed E-state index contributed by atoms with van der Waals surface area (Å²) in [6.07, 6.45) is 0. The van der Waals surface area contributed by atoms with Crippen LogP contribution < -0.4 is 10.6 Å². The molecular formula is C11H14N4OS2. The first-order chi connectivity index (χ1) is 8.60. The van der Waals surface area contributed by atoms with Crippen LogP contribution in [0.4, 0.5) is 5.13 Å². The standard InChI is InChI=1S/C11H14N4OS2/c1-6-10(8-5-17-11(12-3)15-8)18-9(14-6)4-13-7(2)16/h5H,4H2,1-3H3,(H,12,15)(H,13,16). The van der Waals surface area contributed by atoms with Crippen LogP contribution in [0.25, 0.3) is 10.6 Å². The van der Waals surface area contributed by atoms with Crippen LogP contribution in [0.15, 0.2) is 5.38 Å². The van der Waals surface area contributed by atoms with E-state index in [4.69, 9.17) is 0 Å². The molecule has 0 aliphatic heterocycles. The van der Waals surface area contributed by atoms with Crippen LogP contribution >= 0.6 is 22.7 Å². The van der Waals surface area contributed by atoms with E-state index in [0.29, 0.717) is 6.54 Å². The zero-order chi connectivity index (χ0) is 13.1. The molecule has 7 heteroatoms. The molecule has 2 N–H and O–H groups in total. The van der Waals surface area contributed by atoms with Gasteiger partial charge in [0, 0.05) is 19.4 Å². The number of aryl methyl sites for hydroxylation is 1. The maximum atomic E-state index is 10.9. The Hall–Kier alpha value is -1.47. The highest BCUT2D eigenvalue weighted by atomic mass is 32.1. The van der Waals surface area contributed by atoms with Crippen molar-refractivity contribution in [3.63, 3.8) is 0 Å². The minimum Gasteiger partial charge on any atom is -0.365 e. The Kier molecular flexibility index (Phi) is 3.93. The molecule has 2 aromatic heterocycles. The molecule has 0 aliphatic rings. The van der Waals surface area contributed by atoms with Gasteiger partial charge in [-0.2, -0.15) is 0 Å². The molecule has 2 aromatic rings. The molecule has 1 amide bonds. The van der Waals surface area contributed by atoms with Crippen LogP contribution in [-0.4, -0.2) is 22.9 Å². The Bertz CT molecular complexity index is 561. The quantitative estimate of drug-likeness (QED) is 0.902. The summed E-state index contributed by atoms with van der Waals surface area (Å²) < 4.78 is 0. The fourth-order valence-electron chi connectivity index (χ4n) is 1.46. The van der Waals surface area contributed by atoms with Gasteiger partial charge in [0.2, 0.25) is 5.91 Å². The zero-order valence-electron chi connectivity index (χ0n) is 10.4. The van der Waals surface area contributed by atoms with Crippen molar-refractivity contribution < 1.29 is 4.79 Å². The molecule has 0 unspecified atom stereocenters. The Balaban J connectivity index is 2.20. The number of rotatable bonds is 4. The lowest BCUT2D eigenvalue weighted by Crippen LogP contribution is -2.18. The molecule has 2 heterocycles. The van der Waals surface area contributed by atoms with Crippen molar-refractivity contribution in [3.05, 3.63) is 16.1 Å². The van der Waals surface area contributed by atoms with Gasteiger partial charge >= 0.3 is 0 Å². The van der Waals surface area contributed by atoms with Crippen LogP contribution in [0.2, 0.25) is 0 Å². The fourth-order valence-corrected chi connectivity index (χ4v) is 3.16. The highest BCUT2D eigenvalue weighted by molar-refractivity contribution is 7.16. The van der Waals surface area contributed by atoms with Gasteiger partial charge in [0.15, 0.2) is 5.13 Å². The number of carbonyl (C=O) groups excluding carboxylic acids is 1. The average molecular weight is 282 g/mol. The number of thiazole rings is 2. The predicted molar refractivity (Wildman–Crippen MR) is 75.0 cm³/mol. The largest absolute Gasteiger partial charge is 0.365 e. The Morgan fingerprint density at radius 3 is 2.83 bits per heavy atom. The van der Waals surface area contributed by atoms with E-state index in [-0.39, 0.29) is 5.91 Å². The first-order valence-electron chi connectivity index (χ1n) is 5.44. The van der Waals surface area contributed by atoms with E-state index in [1.807, 2.05) is 19.4 Å². The van der Waals surface area contributed by atoms with Gasteiger partial charge in [-0.05, 0) is 6.92 Å². The summed E-state index contributed by atoms with van der Waals surface area (Å²) in [6.45, 7) is 3.94. The number of anilines is 1. The third-order valence-electron chi connectivity index (χ3n) is 2.28. The van der Waals surface area contributed by atoms with Gasteiger partial charge in [-0.15, -0.1) is 22.7 Å². The van der Waals surface area contributed by atoms with Crippen LogP contribution in [0.3, 0.4) is 0 Å². The number of amides is 1. The second kappa shape index (κ2) is 5.45. The van der Waals surface area contributed by atoms with Crippen molar-refractivity contribution >= 4 is 33.7 Å².